The first-order valence-electron chi connectivity index (χ1n) is 6.00. The molecule has 1 aromatic heterocycles. The van der Waals surface area contributed by atoms with Gasteiger partial charge >= 0.3 is 0 Å². The molecule has 18 heavy (non-hydrogen) atoms. The molecular weight excluding hydrogens is 270 g/mol. The Morgan fingerprint density at radius 2 is 1.89 bits per heavy atom. The van der Waals surface area contributed by atoms with Crippen molar-refractivity contribution in [1.29, 1.82) is 0 Å². The third-order valence-corrected chi connectivity index (χ3v) is 6.06. The van der Waals surface area contributed by atoms with Crippen molar-refractivity contribution in [2.45, 2.75) is 44.6 Å². The minimum atomic E-state index is -3.44. The molecule has 1 aromatic rings. The Balaban J connectivity index is 3.08. The molecule has 0 aromatic carbocycles. The largest absolute Gasteiger partial charge is 0.391 e. The first-order valence-corrected chi connectivity index (χ1v) is 8.26. The number of aliphatic hydroxyl groups excluding tert-OH is 1. The van der Waals surface area contributed by atoms with Gasteiger partial charge in [-0.2, -0.15) is 4.31 Å². The molecule has 0 bridgehead atoms. The fraction of sp³-hybridized carbons (Fsp3) is 0.667. The highest BCUT2D eigenvalue weighted by atomic mass is 32.2. The molecule has 6 heteroatoms. The minimum absolute atomic E-state index is 0.0722. The van der Waals surface area contributed by atoms with Crippen molar-refractivity contribution in [3.05, 3.63) is 17.0 Å². The molecule has 0 atom stereocenters. The Hall–Kier alpha value is -0.430. The molecule has 1 heterocycles. The van der Waals surface area contributed by atoms with Gasteiger partial charge in [0.1, 0.15) is 4.21 Å². The van der Waals surface area contributed by atoms with Crippen LogP contribution in [0.3, 0.4) is 0 Å². The van der Waals surface area contributed by atoms with Crippen LogP contribution in [0.1, 0.15) is 32.6 Å². The van der Waals surface area contributed by atoms with Crippen molar-refractivity contribution in [2.24, 2.45) is 5.92 Å². The van der Waals surface area contributed by atoms with Gasteiger partial charge in [0.15, 0.2) is 0 Å². The van der Waals surface area contributed by atoms with E-state index in [4.69, 9.17) is 5.11 Å². The van der Waals surface area contributed by atoms with Crippen molar-refractivity contribution < 1.29 is 13.5 Å². The van der Waals surface area contributed by atoms with E-state index in [0.717, 1.165) is 11.3 Å². The number of thiophene rings is 1. The Morgan fingerprint density at radius 1 is 1.28 bits per heavy atom. The Bertz CT molecular complexity index is 477. The highest BCUT2D eigenvalue weighted by Gasteiger charge is 2.28. The number of nitrogens with zero attached hydrogens (tertiary/aromatic N) is 1. The van der Waals surface area contributed by atoms with Gasteiger partial charge in [0.25, 0.3) is 10.0 Å². The van der Waals surface area contributed by atoms with Gasteiger partial charge in [-0.05, 0) is 31.9 Å². The summed E-state index contributed by atoms with van der Waals surface area (Å²) in [7, 11) is -3.44. The SMILES string of the molecule is CC(C)CN(C(C)C)S(=O)(=O)c1ccc(CO)s1. The average molecular weight is 291 g/mol. The zero-order valence-corrected chi connectivity index (χ0v) is 12.9. The maximum absolute atomic E-state index is 12.5. The van der Waals surface area contributed by atoms with Gasteiger partial charge < -0.3 is 5.11 Å². The number of aliphatic hydroxyl groups is 1. The molecule has 0 fully saturated rings. The second kappa shape index (κ2) is 6.14. The Labute approximate surface area is 113 Å². The van der Waals surface area contributed by atoms with E-state index in [1.807, 2.05) is 27.7 Å². The quantitative estimate of drug-likeness (QED) is 0.875. The maximum atomic E-state index is 12.5. The van der Waals surface area contributed by atoms with E-state index in [0.29, 0.717) is 15.6 Å². The van der Waals surface area contributed by atoms with Crippen molar-refractivity contribution in [3.8, 4) is 0 Å². The van der Waals surface area contributed by atoms with E-state index in [1.165, 1.54) is 4.31 Å². The first-order chi connectivity index (χ1) is 8.28. The van der Waals surface area contributed by atoms with Crippen LogP contribution in [0.2, 0.25) is 0 Å². The average Bonchev–Trinajstić information content (AvgIpc) is 2.74. The normalized spacial score (nSPS) is 12.9. The molecule has 4 nitrogen and oxygen atoms in total. The van der Waals surface area contributed by atoms with Gasteiger partial charge in [-0.1, -0.05) is 13.8 Å². The Morgan fingerprint density at radius 3 is 2.28 bits per heavy atom. The van der Waals surface area contributed by atoms with Crippen molar-refractivity contribution in [1.82, 2.24) is 4.31 Å². The molecule has 104 valence electrons. The summed E-state index contributed by atoms with van der Waals surface area (Å²) in [6.45, 7) is 8.14. The monoisotopic (exact) mass is 291 g/mol. The van der Waals surface area contributed by atoms with Gasteiger partial charge in [-0.25, -0.2) is 8.42 Å². The summed E-state index contributed by atoms with van der Waals surface area (Å²) in [5, 5.41) is 9.01. The molecule has 1 N–H and O–H groups in total. The summed E-state index contributed by atoms with van der Waals surface area (Å²) in [5.41, 5.74) is 0. The molecule has 0 spiro atoms. The van der Waals surface area contributed by atoms with E-state index in [2.05, 4.69) is 0 Å². The lowest BCUT2D eigenvalue weighted by molar-refractivity contribution is 0.285. The molecule has 0 aliphatic rings. The van der Waals surface area contributed by atoms with Crippen LogP contribution in [0, 0.1) is 5.92 Å². The molecule has 0 radical (unpaired) electrons. The summed E-state index contributed by atoms with van der Waals surface area (Å²) in [6.07, 6.45) is 0. The van der Waals surface area contributed by atoms with E-state index in [-0.39, 0.29) is 18.6 Å². The van der Waals surface area contributed by atoms with Crippen molar-refractivity contribution >= 4 is 21.4 Å². The van der Waals surface area contributed by atoms with Gasteiger partial charge in [0, 0.05) is 17.5 Å². The first kappa shape index (κ1) is 15.6. The molecule has 0 saturated carbocycles. The predicted molar refractivity (Wildman–Crippen MR) is 74.1 cm³/mol. The summed E-state index contributed by atoms with van der Waals surface area (Å²) >= 11 is 1.13. The molecule has 0 aliphatic heterocycles. The van der Waals surface area contributed by atoms with Crippen LogP contribution in [0.25, 0.3) is 0 Å². The lowest BCUT2D eigenvalue weighted by Gasteiger charge is -2.26. The fourth-order valence-electron chi connectivity index (χ4n) is 1.64. The topological polar surface area (TPSA) is 57.6 Å². The van der Waals surface area contributed by atoms with Gasteiger partial charge in [0.2, 0.25) is 0 Å². The van der Waals surface area contributed by atoms with Crippen LogP contribution in [0.15, 0.2) is 16.3 Å². The third kappa shape index (κ3) is 3.54. The molecule has 0 saturated heterocycles. The van der Waals surface area contributed by atoms with Crippen molar-refractivity contribution in [3.63, 3.8) is 0 Å². The van der Waals surface area contributed by atoms with Gasteiger partial charge in [-0.15, -0.1) is 11.3 Å². The molecule has 0 amide bonds. The zero-order valence-electron chi connectivity index (χ0n) is 11.3. The van der Waals surface area contributed by atoms with Crippen LogP contribution in [-0.2, 0) is 16.6 Å². The Kier molecular flexibility index (Phi) is 5.33. The summed E-state index contributed by atoms with van der Waals surface area (Å²) in [4.78, 5) is 0.668. The number of hydrogen-bond acceptors (Lipinski definition) is 4. The third-order valence-electron chi connectivity index (χ3n) is 2.48. The molecule has 1 rings (SSSR count). The number of hydrogen-bond donors (Lipinski definition) is 1. The number of rotatable bonds is 6. The minimum Gasteiger partial charge on any atom is -0.391 e. The van der Waals surface area contributed by atoms with Gasteiger partial charge in [-0.3, -0.25) is 0 Å². The van der Waals surface area contributed by atoms with Crippen LogP contribution in [0.4, 0.5) is 0 Å². The fourth-order valence-corrected chi connectivity index (χ4v) is 4.79. The van der Waals surface area contributed by atoms with Crippen LogP contribution in [0.5, 0.6) is 0 Å². The predicted octanol–water partition coefficient (Wildman–Crippen LogP) is 2.30. The second-order valence-electron chi connectivity index (χ2n) is 4.94. The summed E-state index contributed by atoms with van der Waals surface area (Å²) < 4.78 is 26.8. The highest BCUT2D eigenvalue weighted by Crippen LogP contribution is 2.26. The van der Waals surface area contributed by atoms with E-state index in [1.54, 1.807) is 12.1 Å². The van der Waals surface area contributed by atoms with Crippen molar-refractivity contribution in [2.75, 3.05) is 6.54 Å². The van der Waals surface area contributed by atoms with E-state index >= 15 is 0 Å². The van der Waals surface area contributed by atoms with Crippen LogP contribution in [-0.4, -0.2) is 30.4 Å². The molecule has 0 unspecified atom stereocenters. The number of sulfonamides is 1. The van der Waals surface area contributed by atoms with Crippen LogP contribution < -0.4 is 0 Å². The lowest BCUT2D eigenvalue weighted by atomic mass is 10.2. The molecular formula is C12H21NO3S2. The van der Waals surface area contributed by atoms with Crippen LogP contribution >= 0.6 is 11.3 Å². The maximum Gasteiger partial charge on any atom is 0.252 e. The smallest absolute Gasteiger partial charge is 0.252 e. The standard InChI is InChI=1S/C12H21NO3S2/c1-9(2)7-13(10(3)4)18(15,16)12-6-5-11(8-14)17-12/h5-6,9-10,14H,7-8H2,1-4H3. The zero-order chi connectivity index (χ0) is 13.9. The lowest BCUT2D eigenvalue weighted by Crippen LogP contribution is -2.39. The highest BCUT2D eigenvalue weighted by molar-refractivity contribution is 7.91. The second-order valence-corrected chi connectivity index (χ2v) is 8.23. The summed E-state index contributed by atoms with van der Waals surface area (Å²) in [5.74, 6) is 0.277. The van der Waals surface area contributed by atoms with E-state index in [9.17, 15) is 8.42 Å². The van der Waals surface area contributed by atoms with Gasteiger partial charge in [0.05, 0.1) is 6.61 Å². The summed E-state index contributed by atoms with van der Waals surface area (Å²) in [6, 6.07) is 3.16. The molecule has 0 aliphatic carbocycles. The van der Waals surface area contributed by atoms with E-state index < -0.39 is 10.0 Å².